The van der Waals surface area contributed by atoms with Gasteiger partial charge in [0.05, 0.1) is 5.54 Å². The van der Waals surface area contributed by atoms with E-state index in [1.54, 1.807) is 0 Å². The molecule has 1 saturated carbocycles. The molecule has 2 N–H and O–H groups in total. The summed E-state index contributed by atoms with van der Waals surface area (Å²) in [5.41, 5.74) is 7.94. The fourth-order valence-electron chi connectivity index (χ4n) is 3.07. The van der Waals surface area contributed by atoms with E-state index in [1.807, 2.05) is 17.2 Å². The van der Waals surface area contributed by atoms with E-state index >= 15 is 0 Å². The van der Waals surface area contributed by atoms with Crippen molar-refractivity contribution in [3.05, 3.63) is 29.6 Å². The largest absolute Gasteiger partial charge is 0.336 e. The Balaban J connectivity index is 1.78. The number of carbonyl (C=O) groups excluding carboxylic acids is 1. The number of carbonyl (C=O) groups is 1. The third-order valence-electron chi connectivity index (χ3n) is 4.17. The second kappa shape index (κ2) is 4.35. The molecule has 4 heteroatoms. The number of pyridine rings is 1. The molecule has 2 aliphatic rings. The molecule has 2 heterocycles. The second-order valence-corrected chi connectivity index (χ2v) is 5.45. The predicted molar refractivity (Wildman–Crippen MR) is 68.7 cm³/mol. The molecule has 3 rings (SSSR count). The van der Waals surface area contributed by atoms with E-state index in [0.29, 0.717) is 6.54 Å². The lowest BCUT2D eigenvalue weighted by Gasteiger charge is -2.34. The minimum absolute atomic E-state index is 0.134. The summed E-state index contributed by atoms with van der Waals surface area (Å²) in [6, 6.07) is 3.99. The van der Waals surface area contributed by atoms with Gasteiger partial charge in [-0.05, 0) is 24.5 Å². The number of hydrogen-bond acceptors (Lipinski definition) is 3. The molecule has 96 valence electrons. The Bertz CT molecular complexity index is 466. The smallest absolute Gasteiger partial charge is 0.242 e. The van der Waals surface area contributed by atoms with Gasteiger partial charge in [-0.25, -0.2) is 0 Å². The van der Waals surface area contributed by atoms with E-state index in [0.717, 1.165) is 44.3 Å². The molecule has 0 saturated heterocycles. The topological polar surface area (TPSA) is 59.2 Å². The summed E-state index contributed by atoms with van der Waals surface area (Å²) in [5, 5.41) is 0. The van der Waals surface area contributed by atoms with Gasteiger partial charge in [0.2, 0.25) is 5.91 Å². The van der Waals surface area contributed by atoms with Crippen molar-refractivity contribution in [2.45, 2.75) is 44.2 Å². The first-order chi connectivity index (χ1) is 8.69. The summed E-state index contributed by atoms with van der Waals surface area (Å²) in [7, 11) is 0. The average molecular weight is 245 g/mol. The van der Waals surface area contributed by atoms with Crippen LogP contribution in [0, 0.1) is 0 Å². The molecule has 0 aromatic carbocycles. The monoisotopic (exact) mass is 245 g/mol. The first kappa shape index (κ1) is 11.7. The Hall–Kier alpha value is -1.42. The molecule has 1 aliphatic heterocycles. The van der Waals surface area contributed by atoms with Gasteiger partial charge in [-0.3, -0.25) is 9.78 Å². The van der Waals surface area contributed by atoms with Crippen molar-refractivity contribution >= 4 is 5.91 Å². The summed E-state index contributed by atoms with van der Waals surface area (Å²) >= 11 is 0. The van der Waals surface area contributed by atoms with Gasteiger partial charge in [0, 0.05) is 31.4 Å². The van der Waals surface area contributed by atoms with Gasteiger partial charge in [0.15, 0.2) is 0 Å². The van der Waals surface area contributed by atoms with Crippen LogP contribution in [-0.2, 0) is 17.8 Å². The van der Waals surface area contributed by atoms with Crippen LogP contribution in [0.3, 0.4) is 0 Å². The van der Waals surface area contributed by atoms with Crippen LogP contribution < -0.4 is 5.73 Å². The van der Waals surface area contributed by atoms with Crippen LogP contribution in [-0.4, -0.2) is 27.9 Å². The summed E-state index contributed by atoms with van der Waals surface area (Å²) in [4.78, 5) is 18.8. The van der Waals surface area contributed by atoms with E-state index in [2.05, 4.69) is 11.1 Å². The fourth-order valence-corrected chi connectivity index (χ4v) is 3.07. The Morgan fingerprint density at radius 1 is 1.39 bits per heavy atom. The van der Waals surface area contributed by atoms with Gasteiger partial charge in [-0.2, -0.15) is 0 Å². The third-order valence-corrected chi connectivity index (χ3v) is 4.17. The van der Waals surface area contributed by atoms with Crippen LogP contribution in [0.15, 0.2) is 18.3 Å². The molecule has 0 unspecified atom stereocenters. The van der Waals surface area contributed by atoms with E-state index in [1.165, 1.54) is 5.56 Å². The molecule has 1 aliphatic carbocycles. The number of nitrogens with zero attached hydrogens (tertiary/aromatic N) is 2. The van der Waals surface area contributed by atoms with Crippen molar-refractivity contribution in [1.82, 2.24) is 9.88 Å². The maximum absolute atomic E-state index is 12.5. The molecular formula is C14H19N3O. The summed E-state index contributed by atoms with van der Waals surface area (Å²) in [6.07, 6.45) is 6.49. The van der Waals surface area contributed by atoms with E-state index < -0.39 is 5.54 Å². The van der Waals surface area contributed by atoms with Gasteiger partial charge in [0.1, 0.15) is 0 Å². The highest BCUT2D eigenvalue weighted by molar-refractivity contribution is 5.86. The highest BCUT2D eigenvalue weighted by atomic mass is 16.2. The van der Waals surface area contributed by atoms with Crippen LogP contribution in [0.5, 0.6) is 0 Å². The van der Waals surface area contributed by atoms with Crippen molar-refractivity contribution < 1.29 is 4.79 Å². The standard InChI is InChI=1S/C14H19N3O/c15-14(6-1-2-7-14)13(18)17-9-5-12-11(10-17)4-3-8-16-12/h3-4,8H,1-2,5-7,9-10,15H2. The van der Waals surface area contributed by atoms with Gasteiger partial charge in [-0.1, -0.05) is 18.9 Å². The number of rotatable bonds is 1. The molecular weight excluding hydrogens is 226 g/mol. The maximum atomic E-state index is 12.5. The van der Waals surface area contributed by atoms with Crippen LogP contribution in [0.1, 0.15) is 36.9 Å². The molecule has 18 heavy (non-hydrogen) atoms. The number of amides is 1. The van der Waals surface area contributed by atoms with Crippen LogP contribution in [0.2, 0.25) is 0 Å². The number of nitrogens with two attached hydrogens (primary N) is 1. The number of aromatic nitrogens is 1. The number of hydrogen-bond donors (Lipinski definition) is 1. The predicted octanol–water partition coefficient (Wildman–Crippen LogP) is 1.24. The lowest BCUT2D eigenvalue weighted by molar-refractivity contribution is -0.137. The Morgan fingerprint density at radius 2 is 2.17 bits per heavy atom. The third kappa shape index (κ3) is 1.90. The summed E-state index contributed by atoms with van der Waals surface area (Å²) in [6.45, 7) is 1.42. The van der Waals surface area contributed by atoms with Gasteiger partial charge >= 0.3 is 0 Å². The van der Waals surface area contributed by atoms with Crippen molar-refractivity contribution in [3.8, 4) is 0 Å². The zero-order valence-corrected chi connectivity index (χ0v) is 10.6. The number of fused-ring (bicyclic) bond motifs is 1. The van der Waals surface area contributed by atoms with Crippen molar-refractivity contribution in [3.63, 3.8) is 0 Å². The van der Waals surface area contributed by atoms with Crippen molar-refractivity contribution in [1.29, 1.82) is 0 Å². The molecule has 1 aromatic heterocycles. The SMILES string of the molecule is NC1(C(=O)N2CCc3ncccc3C2)CCCC1. The molecule has 4 nitrogen and oxygen atoms in total. The fraction of sp³-hybridized carbons (Fsp3) is 0.571. The van der Waals surface area contributed by atoms with E-state index in [4.69, 9.17) is 5.73 Å². The minimum atomic E-state index is -0.598. The van der Waals surface area contributed by atoms with Gasteiger partial charge < -0.3 is 10.6 Å². The summed E-state index contributed by atoms with van der Waals surface area (Å²) in [5.74, 6) is 0.134. The second-order valence-electron chi connectivity index (χ2n) is 5.45. The van der Waals surface area contributed by atoms with Crippen molar-refractivity contribution in [2.24, 2.45) is 5.73 Å². The van der Waals surface area contributed by atoms with Gasteiger partial charge in [0.25, 0.3) is 0 Å². The average Bonchev–Trinajstić information content (AvgIpc) is 2.85. The Morgan fingerprint density at radius 3 is 2.94 bits per heavy atom. The quantitative estimate of drug-likeness (QED) is 0.809. The lowest BCUT2D eigenvalue weighted by atomic mass is 9.95. The first-order valence-electron chi connectivity index (χ1n) is 6.70. The lowest BCUT2D eigenvalue weighted by Crippen LogP contribution is -2.54. The molecule has 0 spiro atoms. The van der Waals surface area contributed by atoms with Crippen LogP contribution >= 0.6 is 0 Å². The molecule has 1 aromatic rings. The maximum Gasteiger partial charge on any atom is 0.242 e. The van der Waals surface area contributed by atoms with Gasteiger partial charge in [-0.15, -0.1) is 0 Å². The Labute approximate surface area is 107 Å². The van der Waals surface area contributed by atoms with E-state index in [9.17, 15) is 4.79 Å². The highest BCUT2D eigenvalue weighted by Crippen LogP contribution is 2.30. The Kier molecular flexibility index (Phi) is 2.82. The normalized spacial score (nSPS) is 21.7. The molecule has 1 fully saturated rings. The zero-order valence-electron chi connectivity index (χ0n) is 10.6. The van der Waals surface area contributed by atoms with E-state index in [-0.39, 0.29) is 5.91 Å². The molecule has 0 atom stereocenters. The first-order valence-corrected chi connectivity index (χ1v) is 6.70. The zero-order chi connectivity index (χ0) is 12.6. The summed E-state index contributed by atoms with van der Waals surface area (Å²) < 4.78 is 0. The molecule has 0 bridgehead atoms. The highest BCUT2D eigenvalue weighted by Gasteiger charge is 2.40. The molecule has 1 amide bonds. The van der Waals surface area contributed by atoms with Crippen LogP contribution in [0.25, 0.3) is 0 Å². The minimum Gasteiger partial charge on any atom is -0.336 e. The van der Waals surface area contributed by atoms with Crippen molar-refractivity contribution in [2.75, 3.05) is 6.54 Å². The van der Waals surface area contributed by atoms with Crippen LogP contribution in [0.4, 0.5) is 0 Å². The molecule has 0 radical (unpaired) electrons.